The van der Waals surface area contributed by atoms with E-state index in [1.807, 2.05) is 0 Å². The number of aliphatic carboxylic acids is 1. The quantitative estimate of drug-likeness (QED) is 0.431. The number of benzene rings is 2. The maximum absolute atomic E-state index is 13.8. The molecule has 2 aromatic carbocycles. The Hall–Kier alpha value is -2.42. The summed E-state index contributed by atoms with van der Waals surface area (Å²) in [5, 5.41) is 9.03. The van der Waals surface area contributed by atoms with Gasteiger partial charge in [0.25, 0.3) is 5.91 Å². The van der Waals surface area contributed by atoms with E-state index in [4.69, 9.17) is 33.7 Å². The predicted molar refractivity (Wildman–Crippen MR) is 119 cm³/mol. The molecule has 3 rings (SSSR count). The minimum absolute atomic E-state index is 0.000145. The van der Waals surface area contributed by atoms with Gasteiger partial charge in [-0.15, -0.1) is 0 Å². The zero-order valence-corrected chi connectivity index (χ0v) is 18.0. The number of ether oxygens (including phenoxy) is 1. The smallest absolute Gasteiger partial charge is 0.303 e. The average Bonchev–Trinajstić information content (AvgIpc) is 2.96. The summed E-state index contributed by atoms with van der Waals surface area (Å²) in [7, 11) is 0. The molecular formula is C21H17ClFNO4S2. The lowest BCUT2D eigenvalue weighted by Crippen LogP contribution is -2.29. The van der Waals surface area contributed by atoms with Crippen molar-refractivity contribution in [2.24, 2.45) is 0 Å². The zero-order valence-electron chi connectivity index (χ0n) is 15.6. The monoisotopic (exact) mass is 465 g/mol. The molecule has 2 aromatic rings. The van der Waals surface area contributed by atoms with Crippen LogP contribution >= 0.6 is 35.6 Å². The largest absolute Gasteiger partial charge is 0.489 e. The maximum Gasteiger partial charge on any atom is 0.303 e. The van der Waals surface area contributed by atoms with Gasteiger partial charge in [0.05, 0.1) is 9.93 Å². The zero-order chi connectivity index (χ0) is 21.7. The number of carbonyl (C=O) groups excluding carboxylic acids is 1. The number of halogens is 2. The van der Waals surface area contributed by atoms with Crippen LogP contribution in [0.2, 0.25) is 5.02 Å². The fraction of sp³-hybridized carbons (Fsp3) is 0.190. The van der Waals surface area contributed by atoms with E-state index in [9.17, 15) is 14.0 Å². The Morgan fingerprint density at radius 1 is 1.27 bits per heavy atom. The Balaban J connectivity index is 1.62. The molecule has 1 amide bonds. The first-order valence-corrected chi connectivity index (χ1v) is 10.6. The summed E-state index contributed by atoms with van der Waals surface area (Å²) in [5.41, 5.74) is 1.06. The molecule has 0 aliphatic carbocycles. The number of carboxylic acids is 1. The van der Waals surface area contributed by atoms with E-state index in [2.05, 4.69) is 0 Å². The Labute approximate surface area is 187 Å². The van der Waals surface area contributed by atoms with Crippen LogP contribution in [-0.4, -0.2) is 32.7 Å². The first kappa shape index (κ1) is 22.3. The predicted octanol–water partition coefficient (Wildman–Crippen LogP) is 5.12. The van der Waals surface area contributed by atoms with E-state index in [0.29, 0.717) is 26.4 Å². The molecule has 9 heteroatoms. The van der Waals surface area contributed by atoms with Crippen LogP contribution in [0.15, 0.2) is 47.4 Å². The Morgan fingerprint density at radius 2 is 2.00 bits per heavy atom. The molecule has 0 bridgehead atoms. The number of nitrogens with zero attached hydrogens (tertiary/aromatic N) is 1. The highest BCUT2D eigenvalue weighted by molar-refractivity contribution is 8.26. The first-order valence-electron chi connectivity index (χ1n) is 8.98. The van der Waals surface area contributed by atoms with E-state index < -0.39 is 11.8 Å². The Morgan fingerprint density at radius 3 is 2.67 bits per heavy atom. The topological polar surface area (TPSA) is 66.8 Å². The summed E-state index contributed by atoms with van der Waals surface area (Å²) in [4.78, 5) is 25.1. The van der Waals surface area contributed by atoms with Gasteiger partial charge in [-0.3, -0.25) is 14.5 Å². The average molecular weight is 466 g/mol. The molecule has 0 unspecified atom stereocenters. The fourth-order valence-electron chi connectivity index (χ4n) is 2.72. The van der Waals surface area contributed by atoms with Gasteiger partial charge in [-0.25, -0.2) is 4.39 Å². The Bertz CT molecular complexity index is 990. The number of amides is 1. The van der Waals surface area contributed by atoms with Gasteiger partial charge >= 0.3 is 5.97 Å². The molecule has 30 heavy (non-hydrogen) atoms. The molecule has 1 aliphatic rings. The highest BCUT2D eigenvalue weighted by atomic mass is 35.5. The van der Waals surface area contributed by atoms with Crippen molar-refractivity contribution in [3.63, 3.8) is 0 Å². The van der Waals surface area contributed by atoms with Gasteiger partial charge in [-0.05, 0) is 42.3 Å². The van der Waals surface area contributed by atoms with Crippen molar-refractivity contribution in [2.75, 3.05) is 6.54 Å². The standard InChI is InChI=1S/C21H17ClFNO4S2/c22-16-3-1-4-17(23)15(16)12-28-14-8-6-13(7-9-14)11-18-20(27)24(21(29)30-18)10-2-5-19(25)26/h1,3-4,6-9,11H,2,5,10,12H2,(H,25,26)/b18-11-. The SMILES string of the molecule is O=C(O)CCCN1C(=O)/C(=C/c2ccc(OCc3c(F)cccc3Cl)cc2)SC1=S. The van der Waals surface area contributed by atoms with Gasteiger partial charge in [-0.2, -0.15) is 0 Å². The summed E-state index contributed by atoms with van der Waals surface area (Å²) in [6, 6.07) is 11.4. The molecule has 1 aliphatic heterocycles. The second kappa shape index (κ2) is 10.1. The lowest BCUT2D eigenvalue weighted by atomic mass is 10.2. The van der Waals surface area contributed by atoms with E-state index in [-0.39, 0.29) is 31.0 Å². The van der Waals surface area contributed by atoms with Gasteiger partial charge in [0.15, 0.2) is 0 Å². The van der Waals surface area contributed by atoms with Crippen molar-refractivity contribution >= 4 is 57.9 Å². The molecule has 5 nitrogen and oxygen atoms in total. The third kappa shape index (κ3) is 5.59. The molecule has 0 spiro atoms. The van der Waals surface area contributed by atoms with Crippen LogP contribution in [0.4, 0.5) is 4.39 Å². The molecule has 1 N–H and O–H groups in total. The summed E-state index contributed by atoms with van der Waals surface area (Å²) >= 11 is 12.4. The van der Waals surface area contributed by atoms with E-state index in [1.165, 1.54) is 28.8 Å². The minimum Gasteiger partial charge on any atom is -0.489 e. The third-order valence-corrected chi connectivity index (χ3v) is 6.00. The Kier molecular flexibility index (Phi) is 7.47. The van der Waals surface area contributed by atoms with Gasteiger partial charge in [-0.1, -0.05) is 53.8 Å². The number of hydrogen-bond acceptors (Lipinski definition) is 5. The van der Waals surface area contributed by atoms with Gasteiger partial charge in [0.2, 0.25) is 0 Å². The number of hydrogen-bond donors (Lipinski definition) is 1. The molecular weight excluding hydrogens is 449 g/mol. The fourth-order valence-corrected chi connectivity index (χ4v) is 4.24. The van der Waals surface area contributed by atoms with Crippen molar-refractivity contribution in [3.8, 4) is 5.75 Å². The van der Waals surface area contributed by atoms with Crippen LogP contribution in [-0.2, 0) is 16.2 Å². The van der Waals surface area contributed by atoms with Crippen LogP contribution in [0, 0.1) is 5.82 Å². The van der Waals surface area contributed by atoms with Crippen molar-refractivity contribution in [2.45, 2.75) is 19.4 Å². The second-order valence-electron chi connectivity index (χ2n) is 6.39. The number of rotatable bonds is 8. The lowest BCUT2D eigenvalue weighted by Gasteiger charge is -2.13. The molecule has 0 saturated carbocycles. The molecule has 0 aromatic heterocycles. The minimum atomic E-state index is -0.907. The number of carbonyl (C=O) groups is 2. The van der Waals surface area contributed by atoms with Crippen LogP contribution in [0.5, 0.6) is 5.75 Å². The molecule has 0 atom stereocenters. The lowest BCUT2D eigenvalue weighted by molar-refractivity contribution is -0.137. The van der Waals surface area contributed by atoms with E-state index in [0.717, 1.165) is 5.56 Å². The van der Waals surface area contributed by atoms with Crippen LogP contribution < -0.4 is 4.74 Å². The van der Waals surface area contributed by atoms with E-state index in [1.54, 1.807) is 36.4 Å². The van der Waals surface area contributed by atoms with Crippen LogP contribution in [0.25, 0.3) is 6.08 Å². The summed E-state index contributed by atoms with van der Waals surface area (Å²) in [6.07, 6.45) is 2.04. The normalized spacial score (nSPS) is 15.1. The van der Waals surface area contributed by atoms with Crippen molar-refractivity contribution < 1.29 is 23.8 Å². The van der Waals surface area contributed by atoms with Gasteiger partial charge < -0.3 is 9.84 Å². The van der Waals surface area contributed by atoms with E-state index >= 15 is 0 Å². The highest BCUT2D eigenvalue weighted by Gasteiger charge is 2.31. The van der Waals surface area contributed by atoms with Crippen LogP contribution in [0.1, 0.15) is 24.0 Å². The number of thioether (sulfide) groups is 1. The highest BCUT2D eigenvalue weighted by Crippen LogP contribution is 2.33. The summed E-state index contributed by atoms with van der Waals surface area (Å²) < 4.78 is 19.8. The van der Waals surface area contributed by atoms with Crippen molar-refractivity contribution in [1.29, 1.82) is 0 Å². The molecule has 1 heterocycles. The molecule has 1 saturated heterocycles. The van der Waals surface area contributed by atoms with Crippen molar-refractivity contribution in [1.82, 2.24) is 4.90 Å². The molecule has 1 fully saturated rings. The van der Waals surface area contributed by atoms with Crippen molar-refractivity contribution in [3.05, 3.63) is 69.3 Å². The summed E-state index contributed by atoms with van der Waals surface area (Å²) in [5.74, 6) is -1.03. The second-order valence-corrected chi connectivity index (χ2v) is 8.47. The summed E-state index contributed by atoms with van der Waals surface area (Å²) in [6.45, 7) is 0.277. The molecule has 156 valence electrons. The maximum atomic E-state index is 13.8. The van der Waals surface area contributed by atoms with Gasteiger partial charge in [0, 0.05) is 18.5 Å². The number of thiocarbonyl (C=S) groups is 1. The number of carboxylic acid groups (broad SMARTS) is 1. The van der Waals surface area contributed by atoms with Crippen LogP contribution in [0.3, 0.4) is 0 Å². The first-order chi connectivity index (χ1) is 14.3. The third-order valence-electron chi connectivity index (χ3n) is 4.27. The van der Waals surface area contributed by atoms with Gasteiger partial charge in [0.1, 0.15) is 22.5 Å². The molecule has 0 radical (unpaired) electrons.